The number of rotatable bonds is 15. The third-order valence-corrected chi connectivity index (χ3v) is 5.59. The molecule has 0 unspecified atom stereocenters. The molecule has 0 aliphatic rings. The normalized spacial score (nSPS) is 15.8. The lowest BCUT2D eigenvalue weighted by molar-refractivity contribution is -0.472. The van der Waals surface area contributed by atoms with Crippen LogP contribution in [-0.4, -0.2) is 53.6 Å². The lowest BCUT2D eigenvalue weighted by Crippen LogP contribution is -2.77. The molecule has 0 bridgehead atoms. The van der Waals surface area contributed by atoms with E-state index in [2.05, 4.69) is 0 Å². The van der Waals surface area contributed by atoms with E-state index in [4.69, 9.17) is 0 Å². The average Bonchev–Trinajstić information content (AvgIpc) is 2.72. The predicted octanol–water partition coefficient (Wildman–Crippen LogP) is 10.2. The smallest absolute Gasteiger partial charge is 0.216 e. The van der Waals surface area contributed by atoms with E-state index in [1.165, 1.54) is 0 Å². The van der Waals surface area contributed by atoms with Crippen LogP contribution in [-0.2, 0) is 0 Å². The van der Waals surface area contributed by atoms with Gasteiger partial charge in [0.15, 0.2) is 0 Å². The Balaban J connectivity index is 6.22. The zero-order valence-electron chi connectivity index (χ0n) is 19.0. The van der Waals surface area contributed by atoms with E-state index in [-0.39, 0.29) is 6.42 Å². The molecule has 0 aliphatic heterocycles. The van der Waals surface area contributed by atoms with Gasteiger partial charge in [-0.15, -0.1) is 0 Å². The van der Waals surface area contributed by atoms with Gasteiger partial charge in [0.25, 0.3) is 0 Å². The molecule has 0 N–H and O–H groups in total. The third kappa shape index (κ3) is 5.89. The molecule has 0 saturated carbocycles. The van der Waals surface area contributed by atoms with Crippen molar-refractivity contribution >= 4 is 0 Å². The van der Waals surface area contributed by atoms with Crippen LogP contribution in [0.5, 0.6) is 0 Å². The van der Waals surface area contributed by atoms with E-state index in [0.717, 1.165) is 12.8 Å². The van der Waals surface area contributed by atoms with Crippen molar-refractivity contribution in [3.63, 3.8) is 0 Å². The van der Waals surface area contributed by atoms with Crippen LogP contribution >= 0.6 is 0 Å². The molecular formula is C19H21F19. The summed E-state index contributed by atoms with van der Waals surface area (Å²) in [6.07, 6.45) is -17.4. The molecule has 19 heteroatoms. The van der Waals surface area contributed by atoms with Crippen molar-refractivity contribution in [2.24, 2.45) is 0 Å². The number of hydrogen-bond donors (Lipinski definition) is 0. The van der Waals surface area contributed by atoms with Crippen LogP contribution in [0.3, 0.4) is 0 Å². The second kappa shape index (κ2) is 11.3. The van der Waals surface area contributed by atoms with Crippen LogP contribution < -0.4 is 0 Å². The quantitative estimate of drug-likeness (QED) is 0.128. The Kier molecular flexibility index (Phi) is 10.9. The Bertz CT molecular complexity index is 732. The topological polar surface area (TPSA) is 0 Å². The fourth-order valence-electron chi connectivity index (χ4n) is 3.19. The van der Waals surface area contributed by atoms with Gasteiger partial charge in [0.1, 0.15) is 0 Å². The highest BCUT2D eigenvalue weighted by molar-refractivity contribution is 5.19. The summed E-state index contributed by atoms with van der Waals surface area (Å²) in [6.45, 7) is 1.83. The standard InChI is InChI=1S/C19H21F19/c1-2-3-4-5-6-7-8-9-10-11(20,21)13(23,24)15(27,28)17(31,32)16(29,30)14(25,26)12(22,18(33,34)35)19(36,37)38/h2-10H2,1H3. The highest BCUT2D eigenvalue weighted by atomic mass is 19.4. The van der Waals surface area contributed by atoms with Gasteiger partial charge in [-0.3, -0.25) is 0 Å². The first-order valence-electron chi connectivity index (χ1n) is 10.7. The molecule has 0 aliphatic carbocycles. The zero-order chi connectivity index (χ0) is 30.9. The van der Waals surface area contributed by atoms with Gasteiger partial charge < -0.3 is 0 Å². The maximum atomic E-state index is 13.8. The Labute approximate surface area is 202 Å². The molecule has 0 rings (SSSR count). The summed E-state index contributed by atoms with van der Waals surface area (Å²) in [5.41, 5.74) is -8.70. The van der Waals surface area contributed by atoms with Crippen LogP contribution in [0.2, 0.25) is 0 Å². The van der Waals surface area contributed by atoms with Gasteiger partial charge in [-0.2, -0.15) is 79.0 Å². The first-order valence-corrected chi connectivity index (χ1v) is 10.7. The summed E-state index contributed by atoms with van der Waals surface area (Å²) in [6, 6.07) is 0. The molecule has 0 saturated heterocycles. The summed E-state index contributed by atoms with van der Waals surface area (Å²) < 4.78 is 252. The molecule has 0 aromatic heterocycles. The van der Waals surface area contributed by atoms with E-state index in [0.29, 0.717) is 19.3 Å². The van der Waals surface area contributed by atoms with Crippen LogP contribution in [0.1, 0.15) is 64.7 Å². The van der Waals surface area contributed by atoms with Crippen molar-refractivity contribution in [3.8, 4) is 0 Å². The second-order valence-electron chi connectivity index (χ2n) is 8.46. The predicted molar refractivity (Wildman–Crippen MR) is 92.9 cm³/mol. The van der Waals surface area contributed by atoms with Crippen LogP contribution in [0.4, 0.5) is 83.4 Å². The number of unbranched alkanes of at least 4 members (excludes halogenated alkanes) is 7. The van der Waals surface area contributed by atoms with E-state index < -0.39 is 72.8 Å². The number of halogens is 19. The minimum atomic E-state index is -8.97. The van der Waals surface area contributed by atoms with Crippen LogP contribution in [0.15, 0.2) is 0 Å². The highest BCUT2D eigenvalue weighted by Gasteiger charge is 2.98. The molecule has 0 amide bonds. The molecule has 230 valence electrons. The molecule has 0 aromatic carbocycles. The Hall–Kier alpha value is -1.33. The minimum absolute atomic E-state index is 0.0235. The van der Waals surface area contributed by atoms with E-state index >= 15 is 0 Å². The molecule has 0 radical (unpaired) electrons. The highest BCUT2D eigenvalue weighted by Crippen LogP contribution is 2.66. The summed E-state index contributed by atoms with van der Waals surface area (Å²) in [5.74, 6) is -49.3. The fourth-order valence-corrected chi connectivity index (χ4v) is 3.19. The molecule has 38 heavy (non-hydrogen) atoms. The molecular weight excluding hydrogens is 589 g/mol. The number of hydrogen-bond acceptors (Lipinski definition) is 0. The van der Waals surface area contributed by atoms with Crippen molar-refractivity contribution in [1.82, 2.24) is 0 Å². The zero-order valence-corrected chi connectivity index (χ0v) is 19.0. The van der Waals surface area contributed by atoms with Gasteiger partial charge in [0.05, 0.1) is 0 Å². The van der Waals surface area contributed by atoms with Gasteiger partial charge in [0.2, 0.25) is 0 Å². The fraction of sp³-hybridized carbons (Fsp3) is 1.00. The summed E-state index contributed by atoms with van der Waals surface area (Å²) in [5, 5.41) is 0. The maximum Gasteiger partial charge on any atom is 0.438 e. The third-order valence-electron chi connectivity index (χ3n) is 5.59. The first-order chi connectivity index (χ1) is 16.6. The maximum absolute atomic E-state index is 13.8. The lowest BCUT2D eigenvalue weighted by atomic mass is 9.83. The van der Waals surface area contributed by atoms with E-state index in [1.54, 1.807) is 0 Å². The minimum Gasteiger partial charge on any atom is -0.216 e. The Morgan fingerprint density at radius 1 is 0.342 bits per heavy atom. The monoisotopic (exact) mass is 610 g/mol. The molecule has 0 spiro atoms. The van der Waals surface area contributed by atoms with Crippen molar-refractivity contribution in [3.05, 3.63) is 0 Å². The van der Waals surface area contributed by atoms with Crippen molar-refractivity contribution in [2.75, 3.05) is 0 Å². The van der Waals surface area contributed by atoms with Gasteiger partial charge in [-0.25, -0.2) is 4.39 Å². The van der Waals surface area contributed by atoms with E-state index in [1.807, 2.05) is 6.92 Å². The summed E-state index contributed by atoms with van der Waals surface area (Å²) in [7, 11) is 0. The van der Waals surface area contributed by atoms with Crippen LogP contribution in [0, 0.1) is 0 Å². The van der Waals surface area contributed by atoms with Crippen molar-refractivity contribution in [1.29, 1.82) is 0 Å². The molecule has 0 atom stereocenters. The Morgan fingerprint density at radius 3 is 0.974 bits per heavy atom. The average molecular weight is 610 g/mol. The van der Waals surface area contributed by atoms with E-state index in [9.17, 15) is 83.4 Å². The molecule has 0 heterocycles. The van der Waals surface area contributed by atoms with Crippen LogP contribution in [0.25, 0.3) is 0 Å². The largest absolute Gasteiger partial charge is 0.438 e. The second-order valence-corrected chi connectivity index (χ2v) is 8.46. The molecule has 0 aromatic rings. The van der Waals surface area contributed by atoms with Gasteiger partial charge in [-0.1, -0.05) is 51.9 Å². The summed E-state index contributed by atoms with van der Waals surface area (Å²) >= 11 is 0. The molecule has 0 nitrogen and oxygen atoms in total. The van der Waals surface area contributed by atoms with Crippen molar-refractivity contribution in [2.45, 2.75) is 118 Å². The van der Waals surface area contributed by atoms with Gasteiger partial charge >= 0.3 is 53.6 Å². The lowest BCUT2D eigenvalue weighted by Gasteiger charge is -2.45. The Morgan fingerprint density at radius 2 is 0.632 bits per heavy atom. The van der Waals surface area contributed by atoms with Gasteiger partial charge in [0, 0.05) is 6.42 Å². The SMILES string of the molecule is CCCCCCCCCCC(F)(F)C(F)(F)C(F)(F)C(F)(F)C(F)(F)C(F)(F)C(F)(C(F)(F)F)C(F)(F)F. The first kappa shape index (κ1) is 36.7. The summed E-state index contributed by atoms with van der Waals surface area (Å²) in [4.78, 5) is 0. The number of alkyl halides is 19. The van der Waals surface area contributed by atoms with Crippen molar-refractivity contribution < 1.29 is 83.4 Å². The molecule has 0 fully saturated rings. The van der Waals surface area contributed by atoms with Gasteiger partial charge in [-0.05, 0) is 6.42 Å².